The molecule has 2 N–H and O–H groups in total. The molecule has 5 heteroatoms. The highest BCUT2D eigenvalue weighted by Gasteiger charge is 2.23. The molecule has 23 heavy (non-hydrogen) atoms. The summed E-state index contributed by atoms with van der Waals surface area (Å²) >= 11 is 0. The number of carbonyl (C=O) groups excluding carboxylic acids is 1. The molecule has 1 aromatic heterocycles. The van der Waals surface area contributed by atoms with Gasteiger partial charge >= 0.3 is 0 Å². The van der Waals surface area contributed by atoms with Gasteiger partial charge in [0.15, 0.2) is 0 Å². The van der Waals surface area contributed by atoms with Crippen molar-refractivity contribution in [1.82, 2.24) is 15.2 Å². The van der Waals surface area contributed by atoms with E-state index in [1.54, 1.807) is 0 Å². The maximum atomic E-state index is 11.1. The molecule has 1 fully saturated rings. The van der Waals surface area contributed by atoms with Crippen LogP contribution in [0.3, 0.4) is 0 Å². The molecule has 1 aromatic carbocycles. The number of anilines is 1. The minimum atomic E-state index is -0.0449. The predicted molar refractivity (Wildman–Crippen MR) is 91.0 cm³/mol. The Kier molecular flexibility index (Phi) is 5.00. The third kappa shape index (κ3) is 4.15. The van der Waals surface area contributed by atoms with Crippen LogP contribution in [0.5, 0.6) is 0 Å². The zero-order chi connectivity index (χ0) is 16.1. The molecular formula is C18H22N4O. The minimum Gasteiger partial charge on any atom is -0.326 e. The Hall–Kier alpha value is -2.24. The van der Waals surface area contributed by atoms with Gasteiger partial charge in [0.05, 0.1) is 0 Å². The molecule has 2 aromatic rings. The van der Waals surface area contributed by atoms with Gasteiger partial charge in [0.25, 0.3) is 0 Å². The average Bonchev–Trinajstić information content (AvgIpc) is 2.57. The molecule has 2 heterocycles. The second-order valence-corrected chi connectivity index (χ2v) is 5.85. The number of nitrogens with zero attached hydrogens (tertiary/aromatic N) is 2. The van der Waals surface area contributed by atoms with Crippen LogP contribution in [-0.2, 0) is 11.3 Å². The molecule has 0 saturated carbocycles. The van der Waals surface area contributed by atoms with Crippen molar-refractivity contribution in [3.63, 3.8) is 0 Å². The first-order valence-electron chi connectivity index (χ1n) is 7.93. The molecule has 1 unspecified atom stereocenters. The summed E-state index contributed by atoms with van der Waals surface area (Å²) in [7, 11) is 0. The number of piperazine rings is 1. The first-order chi connectivity index (χ1) is 11.2. The van der Waals surface area contributed by atoms with E-state index in [1.807, 2.05) is 30.6 Å². The Morgan fingerprint density at radius 1 is 1.35 bits per heavy atom. The molecule has 1 aliphatic heterocycles. The lowest BCUT2D eigenvalue weighted by Gasteiger charge is -2.36. The highest BCUT2D eigenvalue weighted by Crippen LogP contribution is 2.23. The van der Waals surface area contributed by atoms with Crippen LogP contribution >= 0.6 is 0 Å². The van der Waals surface area contributed by atoms with Crippen LogP contribution in [0, 0.1) is 0 Å². The molecule has 0 bridgehead atoms. The van der Waals surface area contributed by atoms with Gasteiger partial charge in [0.2, 0.25) is 5.91 Å². The van der Waals surface area contributed by atoms with E-state index in [9.17, 15) is 4.79 Å². The van der Waals surface area contributed by atoms with Gasteiger partial charge < -0.3 is 10.6 Å². The summed E-state index contributed by atoms with van der Waals surface area (Å²) < 4.78 is 0. The van der Waals surface area contributed by atoms with E-state index in [-0.39, 0.29) is 5.91 Å². The highest BCUT2D eigenvalue weighted by molar-refractivity contribution is 5.88. The monoisotopic (exact) mass is 310 g/mol. The first kappa shape index (κ1) is 15.6. The lowest BCUT2D eigenvalue weighted by atomic mass is 10.0. The number of aromatic nitrogens is 1. The van der Waals surface area contributed by atoms with Gasteiger partial charge in [-0.25, -0.2) is 0 Å². The van der Waals surface area contributed by atoms with Crippen molar-refractivity contribution < 1.29 is 4.79 Å². The topological polar surface area (TPSA) is 57.3 Å². The van der Waals surface area contributed by atoms with Gasteiger partial charge in [-0.3, -0.25) is 14.7 Å². The van der Waals surface area contributed by atoms with Gasteiger partial charge in [-0.2, -0.15) is 0 Å². The molecule has 0 radical (unpaired) electrons. The Bertz CT molecular complexity index is 642. The molecule has 0 aliphatic carbocycles. The smallest absolute Gasteiger partial charge is 0.221 e. The number of carbonyl (C=O) groups is 1. The summed E-state index contributed by atoms with van der Waals surface area (Å²) in [4.78, 5) is 17.8. The Labute approximate surface area is 136 Å². The second-order valence-electron chi connectivity index (χ2n) is 5.85. The van der Waals surface area contributed by atoms with Crippen molar-refractivity contribution in [3.8, 4) is 0 Å². The largest absolute Gasteiger partial charge is 0.326 e. The molecule has 0 spiro atoms. The van der Waals surface area contributed by atoms with Crippen molar-refractivity contribution in [2.45, 2.75) is 19.5 Å². The number of rotatable bonds is 4. The van der Waals surface area contributed by atoms with Gasteiger partial charge in [-0.1, -0.05) is 18.2 Å². The maximum absolute atomic E-state index is 11.1. The van der Waals surface area contributed by atoms with Crippen molar-refractivity contribution >= 4 is 11.6 Å². The zero-order valence-electron chi connectivity index (χ0n) is 13.3. The minimum absolute atomic E-state index is 0.0449. The van der Waals surface area contributed by atoms with E-state index in [4.69, 9.17) is 0 Å². The van der Waals surface area contributed by atoms with Crippen LogP contribution in [0.2, 0.25) is 0 Å². The molecule has 1 aliphatic rings. The van der Waals surface area contributed by atoms with Gasteiger partial charge in [0, 0.05) is 57.2 Å². The third-order valence-electron chi connectivity index (χ3n) is 4.08. The van der Waals surface area contributed by atoms with Crippen LogP contribution < -0.4 is 10.6 Å². The molecule has 5 nitrogen and oxygen atoms in total. The molecular weight excluding hydrogens is 288 g/mol. The van der Waals surface area contributed by atoms with E-state index in [2.05, 4.69) is 38.7 Å². The van der Waals surface area contributed by atoms with E-state index in [0.29, 0.717) is 6.04 Å². The molecule has 1 amide bonds. The summed E-state index contributed by atoms with van der Waals surface area (Å²) in [5.74, 6) is -0.0449. The van der Waals surface area contributed by atoms with Crippen LogP contribution in [0.4, 0.5) is 5.69 Å². The average molecular weight is 310 g/mol. The fraction of sp³-hybridized carbons (Fsp3) is 0.333. The van der Waals surface area contributed by atoms with Crippen molar-refractivity contribution in [3.05, 3.63) is 59.9 Å². The number of hydrogen-bond donors (Lipinski definition) is 2. The van der Waals surface area contributed by atoms with Gasteiger partial charge in [-0.15, -0.1) is 0 Å². The first-order valence-corrected chi connectivity index (χ1v) is 7.93. The number of pyridine rings is 1. The highest BCUT2D eigenvalue weighted by atomic mass is 16.1. The Balaban J connectivity index is 1.71. The molecule has 3 rings (SSSR count). The summed E-state index contributed by atoms with van der Waals surface area (Å²) in [6.45, 7) is 5.36. The maximum Gasteiger partial charge on any atom is 0.221 e. The third-order valence-corrected chi connectivity index (χ3v) is 4.08. The Morgan fingerprint density at radius 3 is 2.87 bits per heavy atom. The van der Waals surface area contributed by atoms with E-state index in [0.717, 1.165) is 31.9 Å². The van der Waals surface area contributed by atoms with Crippen molar-refractivity contribution in [2.24, 2.45) is 0 Å². The van der Waals surface area contributed by atoms with Crippen LogP contribution in [0.25, 0.3) is 0 Å². The second kappa shape index (κ2) is 7.35. The van der Waals surface area contributed by atoms with E-state index in [1.165, 1.54) is 18.1 Å². The summed E-state index contributed by atoms with van der Waals surface area (Å²) in [5, 5.41) is 6.26. The van der Waals surface area contributed by atoms with Crippen molar-refractivity contribution in [1.29, 1.82) is 0 Å². The van der Waals surface area contributed by atoms with E-state index >= 15 is 0 Å². The summed E-state index contributed by atoms with van der Waals surface area (Å²) in [6.07, 6.45) is 3.76. The zero-order valence-corrected chi connectivity index (χ0v) is 13.3. The lowest BCUT2D eigenvalue weighted by molar-refractivity contribution is -0.114. The van der Waals surface area contributed by atoms with Crippen LogP contribution in [-0.4, -0.2) is 35.4 Å². The standard InChI is InChI=1S/C18H22N4O/c1-14(23)21-17-6-4-15(5-7-17)13-22-10-9-20-12-18(22)16-3-2-8-19-11-16/h2-8,11,18,20H,9-10,12-13H2,1H3,(H,21,23). The molecule has 1 atom stereocenters. The Morgan fingerprint density at radius 2 is 2.17 bits per heavy atom. The molecule has 120 valence electrons. The van der Waals surface area contributed by atoms with Crippen molar-refractivity contribution in [2.75, 3.05) is 25.0 Å². The van der Waals surface area contributed by atoms with Gasteiger partial charge in [-0.05, 0) is 29.3 Å². The molecule has 1 saturated heterocycles. The fourth-order valence-corrected chi connectivity index (χ4v) is 2.97. The number of hydrogen-bond acceptors (Lipinski definition) is 4. The van der Waals surface area contributed by atoms with Crippen LogP contribution in [0.1, 0.15) is 24.1 Å². The number of benzene rings is 1. The quantitative estimate of drug-likeness (QED) is 0.909. The van der Waals surface area contributed by atoms with Gasteiger partial charge in [0.1, 0.15) is 0 Å². The summed E-state index contributed by atoms with van der Waals surface area (Å²) in [5.41, 5.74) is 3.33. The summed E-state index contributed by atoms with van der Waals surface area (Å²) in [6, 6.07) is 12.5. The predicted octanol–water partition coefficient (Wildman–Crippen LogP) is 2.19. The normalized spacial score (nSPS) is 18.6. The number of nitrogens with one attached hydrogen (secondary N) is 2. The SMILES string of the molecule is CC(=O)Nc1ccc(CN2CCNCC2c2cccnc2)cc1. The lowest BCUT2D eigenvalue weighted by Crippen LogP contribution is -2.45. The van der Waals surface area contributed by atoms with Crippen LogP contribution in [0.15, 0.2) is 48.8 Å². The number of amides is 1. The fourth-order valence-electron chi connectivity index (χ4n) is 2.97. The van der Waals surface area contributed by atoms with E-state index < -0.39 is 0 Å².